The van der Waals surface area contributed by atoms with Gasteiger partial charge in [0.25, 0.3) is 0 Å². The molecule has 0 bridgehead atoms. The smallest absolute Gasteiger partial charge is 0.0471 e. The van der Waals surface area contributed by atoms with Gasteiger partial charge in [-0.15, -0.1) is 0 Å². The van der Waals surface area contributed by atoms with Crippen LogP contribution in [0.2, 0.25) is 5.02 Å². The zero-order valence-electron chi connectivity index (χ0n) is 8.89. The van der Waals surface area contributed by atoms with Crippen LogP contribution in [0.3, 0.4) is 0 Å². The summed E-state index contributed by atoms with van der Waals surface area (Å²) in [7, 11) is 0. The van der Waals surface area contributed by atoms with Crippen molar-refractivity contribution in [3.63, 3.8) is 0 Å². The summed E-state index contributed by atoms with van der Waals surface area (Å²) in [6, 6.07) is 5.78. The molecule has 1 aromatic carbocycles. The predicted octanol–water partition coefficient (Wildman–Crippen LogP) is 3.01. The average Bonchev–Trinajstić information content (AvgIpc) is 2.01. The Morgan fingerprint density at radius 3 is 2.50 bits per heavy atom. The highest BCUT2D eigenvalue weighted by molar-refractivity contribution is 6.31. The van der Waals surface area contributed by atoms with Crippen molar-refractivity contribution in [2.24, 2.45) is 5.73 Å². The summed E-state index contributed by atoms with van der Waals surface area (Å²) >= 11 is 6.04. The number of hydrogen-bond donors (Lipinski definition) is 2. The fourth-order valence-electron chi connectivity index (χ4n) is 1.29. The second-order valence-electron chi connectivity index (χ2n) is 4.35. The maximum absolute atomic E-state index is 6.04. The summed E-state index contributed by atoms with van der Waals surface area (Å²) in [5, 5.41) is 4.10. The van der Waals surface area contributed by atoms with Crippen LogP contribution >= 0.6 is 11.6 Å². The van der Waals surface area contributed by atoms with Crippen molar-refractivity contribution in [1.82, 2.24) is 0 Å². The van der Waals surface area contributed by atoms with Crippen LogP contribution in [-0.2, 0) is 6.54 Å². The summed E-state index contributed by atoms with van der Waals surface area (Å²) in [6.07, 6.45) is 0. The first-order chi connectivity index (χ1) is 6.44. The molecule has 0 aliphatic heterocycles. The second kappa shape index (κ2) is 4.20. The molecule has 0 atom stereocenters. The summed E-state index contributed by atoms with van der Waals surface area (Å²) in [5.41, 5.74) is 7.67. The lowest BCUT2D eigenvalue weighted by atomic mass is 10.1. The highest BCUT2D eigenvalue weighted by Gasteiger charge is 2.12. The van der Waals surface area contributed by atoms with Crippen LogP contribution in [0.5, 0.6) is 0 Å². The molecule has 0 heterocycles. The Labute approximate surface area is 90.4 Å². The van der Waals surface area contributed by atoms with E-state index in [0.717, 1.165) is 16.3 Å². The second-order valence-corrected chi connectivity index (χ2v) is 4.75. The number of anilines is 1. The first-order valence-corrected chi connectivity index (χ1v) is 5.07. The zero-order valence-corrected chi connectivity index (χ0v) is 9.65. The van der Waals surface area contributed by atoms with Crippen LogP contribution in [-0.4, -0.2) is 5.54 Å². The van der Waals surface area contributed by atoms with Crippen LogP contribution in [0.15, 0.2) is 18.2 Å². The van der Waals surface area contributed by atoms with Crippen molar-refractivity contribution in [3.05, 3.63) is 28.8 Å². The van der Waals surface area contributed by atoms with Crippen LogP contribution in [0, 0.1) is 0 Å². The Hall–Kier alpha value is -0.730. The van der Waals surface area contributed by atoms with Gasteiger partial charge in [-0.2, -0.15) is 0 Å². The molecule has 1 rings (SSSR count). The summed E-state index contributed by atoms with van der Waals surface area (Å²) in [4.78, 5) is 0. The molecule has 0 aliphatic rings. The normalized spacial score (nSPS) is 11.5. The highest BCUT2D eigenvalue weighted by atomic mass is 35.5. The molecule has 3 N–H and O–H groups in total. The van der Waals surface area contributed by atoms with E-state index in [9.17, 15) is 0 Å². The Morgan fingerprint density at radius 2 is 2.00 bits per heavy atom. The molecule has 2 nitrogen and oxygen atoms in total. The Morgan fingerprint density at radius 1 is 1.36 bits per heavy atom. The molecule has 0 radical (unpaired) electrons. The quantitative estimate of drug-likeness (QED) is 0.791. The maximum atomic E-state index is 6.04. The van der Waals surface area contributed by atoms with Crippen molar-refractivity contribution in [1.29, 1.82) is 0 Å². The number of halogens is 1. The number of benzene rings is 1. The van der Waals surface area contributed by atoms with Gasteiger partial charge in [0.2, 0.25) is 0 Å². The summed E-state index contributed by atoms with van der Waals surface area (Å²) < 4.78 is 0. The van der Waals surface area contributed by atoms with E-state index in [0.29, 0.717) is 6.54 Å². The number of rotatable bonds is 2. The highest BCUT2D eigenvalue weighted by Crippen LogP contribution is 2.25. The minimum absolute atomic E-state index is 0.0224. The third-order valence-corrected chi connectivity index (χ3v) is 2.19. The van der Waals surface area contributed by atoms with Gasteiger partial charge in [0, 0.05) is 28.4 Å². The molecule has 0 unspecified atom stereocenters. The van der Waals surface area contributed by atoms with E-state index in [-0.39, 0.29) is 5.54 Å². The van der Waals surface area contributed by atoms with Crippen molar-refractivity contribution in [3.8, 4) is 0 Å². The third-order valence-electron chi connectivity index (χ3n) is 1.83. The lowest BCUT2D eigenvalue weighted by Crippen LogP contribution is -2.27. The van der Waals surface area contributed by atoms with Crippen LogP contribution in [0.4, 0.5) is 5.69 Å². The average molecular weight is 213 g/mol. The largest absolute Gasteiger partial charge is 0.380 e. The third kappa shape index (κ3) is 2.89. The van der Waals surface area contributed by atoms with E-state index in [1.54, 1.807) is 0 Å². The van der Waals surface area contributed by atoms with Crippen molar-refractivity contribution in [2.75, 3.05) is 5.32 Å². The van der Waals surface area contributed by atoms with E-state index in [2.05, 4.69) is 26.1 Å². The standard InChI is InChI=1S/C11H17ClN2/c1-11(2,3)14-10-6-4-5-9(12)8(10)7-13/h4-6,14H,7,13H2,1-3H3. The van der Waals surface area contributed by atoms with E-state index in [1.165, 1.54) is 0 Å². The molecular formula is C11H17ClN2. The van der Waals surface area contributed by atoms with Crippen LogP contribution in [0.1, 0.15) is 26.3 Å². The zero-order chi connectivity index (χ0) is 10.8. The molecule has 3 heteroatoms. The van der Waals surface area contributed by atoms with Gasteiger partial charge in [0.1, 0.15) is 0 Å². The van der Waals surface area contributed by atoms with Crippen molar-refractivity contribution in [2.45, 2.75) is 32.9 Å². The molecular weight excluding hydrogens is 196 g/mol. The molecule has 1 aromatic rings. The van der Waals surface area contributed by atoms with Gasteiger partial charge in [0.15, 0.2) is 0 Å². The lowest BCUT2D eigenvalue weighted by Gasteiger charge is -2.24. The SMILES string of the molecule is CC(C)(C)Nc1cccc(Cl)c1CN. The molecule has 0 aliphatic carbocycles. The van der Waals surface area contributed by atoms with Gasteiger partial charge in [0.05, 0.1) is 0 Å². The molecule has 14 heavy (non-hydrogen) atoms. The van der Waals surface area contributed by atoms with Gasteiger partial charge in [-0.05, 0) is 32.9 Å². The fraction of sp³-hybridized carbons (Fsp3) is 0.455. The number of hydrogen-bond acceptors (Lipinski definition) is 2. The molecule has 0 saturated carbocycles. The van der Waals surface area contributed by atoms with E-state index >= 15 is 0 Å². The van der Waals surface area contributed by atoms with Gasteiger partial charge < -0.3 is 11.1 Å². The number of nitrogens with one attached hydrogen (secondary N) is 1. The molecule has 0 fully saturated rings. The maximum Gasteiger partial charge on any atom is 0.0471 e. The van der Waals surface area contributed by atoms with Crippen molar-refractivity contribution >= 4 is 17.3 Å². The van der Waals surface area contributed by atoms with Crippen LogP contribution in [0.25, 0.3) is 0 Å². The van der Waals surface area contributed by atoms with Gasteiger partial charge in [-0.1, -0.05) is 17.7 Å². The van der Waals surface area contributed by atoms with E-state index < -0.39 is 0 Å². The molecule has 0 spiro atoms. The summed E-state index contributed by atoms with van der Waals surface area (Å²) in [6.45, 7) is 6.77. The molecule has 0 saturated heterocycles. The van der Waals surface area contributed by atoms with Crippen LogP contribution < -0.4 is 11.1 Å². The minimum Gasteiger partial charge on any atom is -0.380 e. The molecule has 78 valence electrons. The Kier molecular flexibility index (Phi) is 3.40. The van der Waals surface area contributed by atoms with Crippen molar-refractivity contribution < 1.29 is 0 Å². The van der Waals surface area contributed by atoms with Gasteiger partial charge >= 0.3 is 0 Å². The Balaban J connectivity index is 3.02. The Bertz CT molecular complexity index is 316. The predicted molar refractivity (Wildman–Crippen MR) is 62.7 cm³/mol. The number of nitrogens with two attached hydrogens (primary N) is 1. The van der Waals surface area contributed by atoms with E-state index in [4.69, 9.17) is 17.3 Å². The first-order valence-electron chi connectivity index (χ1n) is 4.69. The van der Waals surface area contributed by atoms with Gasteiger partial charge in [-0.25, -0.2) is 0 Å². The van der Waals surface area contributed by atoms with E-state index in [1.807, 2.05) is 18.2 Å². The monoisotopic (exact) mass is 212 g/mol. The summed E-state index contributed by atoms with van der Waals surface area (Å²) in [5.74, 6) is 0. The minimum atomic E-state index is 0.0224. The van der Waals surface area contributed by atoms with Gasteiger partial charge in [-0.3, -0.25) is 0 Å². The lowest BCUT2D eigenvalue weighted by molar-refractivity contribution is 0.633. The fourth-order valence-corrected chi connectivity index (χ4v) is 1.54. The first kappa shape index (κ1) is 11.3. The topological polar surface area (TPSA) is 38.0 Å². The molecule has 0 aromatic heterocycles. The molecule has 0 amide bonds.